The maximum absolute atomic E-state index is 13.0. The Morgan fingerprint density at radius 2 is 1.96 bits per heavy atom. The second-order valence-corrected chi connectivity index (χ2v) is 6.33. The normalized spacial score (nSPS) is 20.3. The van der Waals surface area contributed by atoms with Gasteiger partial charge in [0.15, 0.2) is 0 Å². The van der Waals surface area contributed by atoms with Crippen molar-refractivity contribution in [1.82, 2.24) is 10.2 Å². The Morgan fingerprint density at radius 1 is 1.31 bits per heavy atom. The molecule has 1 aliphatic heterocycles. The number of likely N-dealkylation sites (tertiary alicyclic amines) is 1. The van der Waals surface area contributed by atoms with E-state index in [0.29, 0.717) is 19.0 Å². The van der Waals surface area contributed by atoms with Crippen LogP contribution in [0.15, 0.2) is 24.3 Å². The quantitative estimate of drug-likeness (QED) is 0.825. The van der Waals surface area contributed by atoms with Gasteiger partial charge in [-0.3, -0.25) is 9.59 Å². The fraction of sp³-hybridized carbons (Fsp3) is 0.529. The Bertz CT molecular complexity index is 640. The van der Waals surface area contributed by atoms with E-state index in [4.69, 9.17) is 5.73 Å². The molecule has 3 N–H and O–H groups in total. The number of amides is 2. The van der Waals surface area contributed by atoms with E-state index in [1.54, 1.807) is 4.90 Å². The van der Waals surface area contributed by atoms with Crippen molar-refractivity contribution < 1.29 is 22.8 Å². The zero-order valence-electron chi connectivity index (χ0n) is 14.4. The van der Waals surface area contributed by atoms with Crippen molar-refractivity contribution in [3.8, 4) is 0 Å². The maximum atomic E-state index is 13.0. The summed E-state index contributed by atoms with van der Waals surface area (Å²) in [6, 6.07) is 4.39. The molecular formula is C17H23ClF3N3O2. The lowest BCUT2D eigenvalue weighted by atomic mass is 9.92. The van der Waals surface area contributed by atoms with Crippen molar-refractivity contribution >= 4 is 24.2 Å². The van der Waals surface area contributed by atoms with Crippen LogP contribution in [-0.2, 0) is 11.0 Å². The summed E-state index contributed by atoms with van der Waals surface area (Å²) in [6.07, 6.45) is -3.01. The average Bonchev–Trinajstić information content (AvgIpc) is 2.58. The maximum Gasteiger partial charge on any atom is 0.417 e. The van der Waals surface area contributed by atoms with Gasteiger partial charge in [-0.2, -0.15) is 13.2 Å². The summed E-state index contributed by atoms with van der Waals surface area (Å²) >= 11 is 0. The first-order valence-electron chi connectivity index (χ1n) is 8.18. The molecule has 2 rings (SSSR count). The van der Waals surface area contributed by atoms with E-state index < -0.39 is 23.2 Å². The van der Waals surface area contributed by atoms with E-state index in [1.165, 1.54) is 12.1 Å². The van der Waals surface area contributed by atoms with Gasteiger partial charge >= 0.3 is 6.18 Å². The molecule has 146 valence electrons. The zero-order chi connectivity index (χ0) is 18.6. The first-order chi connectivity index (χ1) is 11.7. The number of carbonyl (C=O) groups is 2. The van der Waals surface area contributed by atoms with Gasteiger partial charge in [0.1, 0.15) is 0 Å². The number of hydrogen-bond donors (Lipinski definition) is 2. The highest BCUT2D eigenvalue weighted by molar-refractivity contribution is 5.97. The number of benzene rings is 1. The first kappa shape index (κ1) is 22.2. The van der Waals surface area contributed by atoms with Crippen LogP contribution < -0.4 is 11.1 Å². The Labute approximate surface area is 156 Å². The van der Waals surface area contributed by atoms with Crippen LogP contribution in [0.1, 0.15) is 35.7 Å². The number of carbonyl (C=O) groups excluding carboxylic acids is 2. The number of halogens is 4. The third-order valence-corrected chi connectivity index (χ3v) is 4.45. The van der Waals surface area contributed by atoms with Crippen LogP contribution in [0.25, 0.3) is 0 Å². The Morgan fingerprint density at radius 3 is 2.58 bits per heavy atom. The molecule has 1 heterocycles. The monoisotopic (exact) mass is 393 g/mol. The fourth-order valence-corrected chi connectivity index (χ4v) is 3.08. The largest absolute Gasteiger partial charge is 0.417 e. The number of nitrogens with one attached hydrogen (secondary N) is 1. The predicted molar refractivity (Wildman–Crippen MR) is 94.0 cm³/mol. The lowest BCUT2D eigenvalue weighted by Crippen LogP contribution is -2.52. The molecule has 1 aromatic carbocycles. The molecule has 2 amide bonds. The fourth-order valence-electron chi connectivity index (χ4n) is 3.08. The summed E-state index contributed by atoms with van der Waals surface area (Å²) in [6.45, 7) is 2.59. The third-order valence-electron chi connectivity index (χ3n) is 4.45. The van der Waals surface area contributed by atoms with Gasteiger partial charge in [0.2, 0.25) is 5.91 Å². The number of rotatable bonds is 4. The molecule has 0 bridgehead atoms. The van der Waals surface area contributed by atoms with Gasteiger partial charge in [0, 0.05) is 19.1 Å². The van der Waals surface area contributed by atoms with Crippen molar-refractivity contribution in [3.05, 3.63) is 35.4 Å². The van der Waals surface area contributed by atoms with Gasteiger partial charge in [0.25, 0.3) is 5.91 Å². The van der Waals surface area contributed by atoms with E-state index in [-0.39, 0.29) is 30.9 Å². The van der Waals surface area contributed by atoms with Crippen molar-refractivity contribution in [1.29, 1.82) is 0 Å². The predicted octanol–water partition coefficient (Wildman–Crippen LogP) is 2.44. The molecule has 1 saturated heterocycles. The van der Waals surface area contributed by atoms with Crippen molar-refractivity contribution in [3.63, 3.8) is 0 Å². The van der Waals surface area contributed by atoms with E-state index in [0.717, 1.165) is 25.0 Å². The number of hydrogen-bond acceptors (Lipinski definition) is 3. The van der Waals surface area contributed by atoms with Crippen LogP contribution in [0.5, 0.6) is 0 Å². The molecule has 9 heteroatoms. The summed E-state index contributed by atoms with van der Waals surface area (Å²) in [4.78, 5) is 26.0. The van der Waals surface area contributed by atoms with Gasteiger partial charge in [-0.1, -0.05) is 19.1 Å². The van der Waals surface area contributed by atoms with Crippen LogP contribution in [0.4, 0.5) is 13.2 Å². The standard InChI is InChI=1S/C17H22F3N3O2.ClH/c1-11-6-7-23(12(8-11)9-21)15(24)10-22-16(25)13-4-2-3-5-14(13)17(18,19)20;/h2-5,11-12H,6-10,21H2,1H3,(H,22,25);1H. The summed E-state index contributed by atoms with van der Waals surface area (Å²) in [5.74, 6) is -0.790. The molecule has 0 saturated carbocycles. The van der Waals surface area contributed by atoms with Crippen LogP contribution in [0, 0.1) is 5.92 Å². The van der Waals surface area contributed by atoms with Crippen LogP contribution in [0.3, 0.4) is 0 Å². The summed E-state index contributed by atoms with van der Waals surface area (Å²) in [7, 11) is 0. The first-order valence-corrected chi connectivity index (χ1v) is 8.18. The van der Waals surface area contributed by atoms with Crippen LogP contribution in [0.2, 0.25) is 0 Å². The highest BCUT2D eigenvalue weighted by Crippen LogP contribution is 2.31. The second kappa shape index (κ2) is 9.23. The third kappa shape index (κ3) is 5.35. The number of nitrogens with two attached hydrogens (primary N) is 1. The lowest BCUT2D eigenvalue weighted by molar-refractivity contribution is -0.138. The molecule has 1 aliphatic rings. The van der Waals surface area contributed by atoms with E-state index in [9.17, 15) is 22.8 Å². The molecule has 1 fully saturated rings. The van der Waals surface area contributed by atoms with Crippen molar-refractivity contribution in [2.45, 2.75) is 32.0 Å². The molecule has 0 aliphatic carbocycles. The molecule has 0 aromatic heterocycles. The van der Waals surface area contributed by atoms with Crippen molar-refractivity contribution in [2.24, 2.45) is 11.7 Å². The minimum Gasteiger partial charge on any atom is -0.343 e. The second-order valence-electron chi connectivity index (χ2n) is 6.33. The molecular weight excluding hydrogens is 371 g/mol. The zero-order valence-corrected chi connectivity index (χ0v) is 15.2. The van der Waals surface area contributed by atoms with Gasteiger partial charge < -0.3 is 16.0 Å². The van der Waals surface area contributed by atoms with Crippen LogP contribution >= 0.6 is 12.4 Å². The SMILES string of the molecule is CC1CCN(C(=O)CNC(=O)c2ccccc2C(F)(F)F)C(CN)C1.Cl. The molecule has 2 atom stereocenters. The number of nitrogens with zero attached hydrogens (tertiary/aromatic N) is 1. The van der Waals surface area contributed by atoms with Gasteiger partial charge in [-0.05, 0) is 30.9 Å². The summed E-state index contributed by atoms with van der Waals surface area (Å²) in [5.41, 5.74) is 4.19. The van der Waals surface area contributed by atoms with Gasteiger partial charge in [0.05, 0.1) is 17.7 Å². The minimum atomic E-state index is -4.63. The lowest BCUT2D eigenvalue weighted by Gasteiger charge is -2.38. The van der Waals surface area contributed by atoms with Crippen LogP contribution in [-0.4, -0.2) is 42.4 Å². The number of alkyl halides is 3. The van der Waals surface area contributed by atoms with E-state index >= 15 is 0 Å². The van der Waals surface area contributed by atoms with E-state index in [2.05, 4.69) is 12.2 Å². The molecule has 0 spiro atoms. The summed E-state index contributed by atoms with van der Waals surface area (Å²) < 4.78 is 38.9. The Balaban J connectivity index is 0.00000338. The highest BCUT2D eigenvalue weighted by atomic mass is 35.5. The van der Waals surface area contributed by atoms with Gasteiger partial charge in [-0.25, -0.2) is 0 Å². The smallest absolute Gasteiger partial charge is 0.343 e. The molecule has 26 heavy (non-hydrogen) atoms. The molecule has 0 radical (unpaired) electrons. The molecule has 2 unspecified atom stereocenters. The highest BCUT2D eigenvalue weighted by Gasteiger charge is 2.35. The Kier molecular flexibility index (Phi) is 7.89. The number of piperidine rings is 1. The molecule has 1 aromatic rings. The molecule has 5 nitrogen and oxygen atoms in total. The topological polar surface area (TPSA) is 75.4 Å². The van der Waals surface area contributed by atoms with Crippen molar-refractivity contribution in [2.75, 3.05) is 19.6 Å². The summed E-state index contributed by atoms with van der Waals surface area (Å²) in [5, 5.41) is 2.29. The van der Waals surface area contributed by atoms with Gasteiger partial charge in [-0.15, -0.1) is 12.4 Å². The van der Waals surface area contributed by atoms with E-state index in [1.807, 2.05) is 0 Å². The minimum absolute atomic E-state index is 0. The average molecular weight is 394 g/mol. The Hall–Kier alpha value is -1.80.